The lowest BCUT2D eigenvalue weighted by Crippen LogP contribution is -2.06. The summed E-state index contributed by atoms with van der Waals surface area (Å²) >= 11 is 0. The van der Waals surface area contributed by atoms with Crippen LogP contribution in [0, 0.1) is 0 Å². The fourth-order valence-electron chi connectivity index (χ4n) is 1.31. The zero-order chi connectivity index (χ0) is 11.2. The molecule has 2 aromatic rings. The van der Waals surface area contributed by atoms with Crippen LogP contribution in [0.25, 0.3) is 0 Å². The Hall–Kier alpha value is -1.88. The van der Waals surface area contributed by atoms with Gasteiger partial charge in [0.05, 0.1) is 26.0 Å². The molecule has 0 amide bonds. The minimum Gasteiger partial charge on any atom is -0.399 e. The number of anilines is 1. The summed E-state index contributed by atoms with van der Waals surface area (Å²) < 4.78 is 7.24. The lowest BCUT2D eigenvalue weighted by Gasteiger charge is -2.04. The van der Waals surface area contributed by atoms with Gasteiger partial charge in [0, 0.05) is 11.9 Å². The summed E-state index contributed by atoms with van der Waals surface area (Å²) in [4.78, 5) is 0. The van der Waals surface area contributed by atoms with E-state index < -0.39 is 0 Å². The molecule has 0 radical (unpaired) electrons. The molecule has 5 nitrogen and oxygen atoms in total. The van der Waals surface area contributed by atoms with Crippen LogP contribution in [-0.2, 0) is 17.9 Å². The summed E-state index contributed by atoms with van der Waals surface area (Å²) in [7, 11) is 0. The average molecular weight is 218 g/mol. The van der Waals surface area contributed by atoms with Crippen molar-refractivity contribution in [3.63, 3.8) is 0 Å². The number of rotatable bonds is 5. The van der Waals surface area contributed by atoms with E-state index >= 15 is 0 Å². The van der Waals surface area contributed by atoms with Crippen molar-refractivity contribution in [1.29, 1.82) is 0 Å². The molecule has 0 saturated carbocycles. The van der Waals surface area contributed by atoms with E-state index in [9.17, 15) is 0 Å². The van der Waals surface area contributed by atoms with Crippen LogP contribution in [0.15, 0.2) is 36.7 Å². The monoisotopic (exact) mass is 218 g/mol. The van der Waals surface area contributed by atoms with Crippen LogP contribution in [-0.4, -0.2) is 21.6 Å². The van der Waals surface area contributed by atoms with Gasteiger partial charge in [-0.3, -0.25) is 4.68 Å². The van der Waals surface area contributed by atoms with Crippen LogP contribution in [0.2, 0.25) is 0 Å². The maximum atomic E-state index is 5.59. The highest BCUT2D eigenvalue weighted by Crippen LogP contribution is 2.06. The smallest absolute Gasteiger partial charge is 0.0717 e. The molecule has 2 N–H and O–H groups in total. The number of ether oxygens (including phenoxy) is 1. The van der Waals surface area contributed by atoms with Gasteiger partial charge in [-0.1, -0.05) is 17.3 Å². The van der Waals surface area contributed by atoms with Gasteiger partial charge < -0.3 is 10.5 Å². The third-order valence-corrected chi connectivity index (χ3v) is 2.19. The Bertz CT molecular complexity index is 410. The Kier molecular flexibility index (Phi) is 3.50. The van der Waals surface area contributed by atoms with Crippen LogP contribution >= 0.6 is 0 Å². The summed E-state index contributed by atoms with van der Waals surface area (Å²) in [6.45, 7) is 1.93. The number of nitrogens with zero attached hydrogens (tertiary/aromatic N) is 3. The van der Waals surface area contributed by atoms with Gasteiger partial charge >= 0.3 is 0 Å². The van der Waals surface area contributed by atoms with Gasteiger partial charge in [0.15, 0.2) is 0 Å². The standard InChI is InChI=1S/C11H14N4O/c12-11-3-1-10(2-4-11)9-16-8-7-15-6-5-13-14-15/h1-6H,7-9,12H2. The fourth-order valence-corrected chi connectivity index (χ4v) is 1.31. The molecule has 1 heterocycles. The van der Waals surface area contributed by atoms with Crippen molar-refractivity contribution in [2.45, 2.75) is 13.2 Å². The van der Waals surface area contributed by atoms with Gasteiger partial charge in [0.2, 0.25) is 0 Å². The molecule has 0 bridgehead atoms. The Labute approximate surface area is 93.8 Å². The molecule has 5 heteroatoms. The topological polar surface area (TPSA) is 66.0 Å². The Morgan fingerprint density at radius 1 is 1.25 bits per heavy atom. The van der Waals surface area contributed by atoms with E-state index in [0.717, 1.165) is 17.8 Å². The molecule has 0 atom stereocenters. The molecule has 84 valence electrons. The molecule has 1 aromatic heterocycles. The fraction of sp³-hybridized carbons (Fsp3) is 0.273. The molecule has 0 aliphatic carbocycles. The molecule has 0 unspecified atom stereocenters. The molecular formula is C11H14N4O. The van der Waals surface area contributed by atoms with E-state index in [1.54, 1.807) is 10.9 Å². The first-order valence-electron chi connectivity index (χ1n) is 5.11. The summed E-state index contributed by atoms with van der Waals surface area (Å²) in [5.41, 5.74) is 7.47. The maximum absolute atomic E-state index is 5.59. The molecular weight excluding hydrogens is 204 g/mol. The number of nitrogen functional groups attached to an aromatic ring is 1. The number of aromatic nitrogens is 3. The highest BCUT2D eigenvalue weighted by Gasteiger charge is 1.94. The van der Waals surface area contributed by atoms with E-state index in [0.29, 0.717) is 13.2 Å². The number of hydrogen-bond donors (Lipinski definition) is 1. The van der Waals surface area contributed by atoms with E-state index in [-0.39, 0.29) is 0 Å². The first-order chi connectivity index (χ1) is 7.84. The van der Waals surface area contributed by atoms with Crippen LogP contribution in [0.1, 0.15) is 5.56 Å². The van der Waals surface area contributed by atoms with Gasteiger partial charge in [-0.25, -0.2) is 0 Å². The van der Waals surface area contributed by atoms with Crippen molar-refractivity contribution in [3.05, 3.63) is 42.2 Å². The maximum Gasteiger partial charge on any atom is 0.0717 e. The van der Waals surface area contributed by atoms with Crippen molar-refractivity contribution in [1.82, 2.24) is 15.0 Å². The first-order valence-corrected chi connectivity index (χ1v) is 5.11. The van der Waals surface area contributed by atoms with Crippen molar-refractivity contribution in [2.75, 3.05) is 12.3 Å². The Morgan fingerprint density at radius 3 is 2.75 bits per heavy atom. The molecule has 0 fully saturated rings. The quantitative estimate of drug-likeness (QED) is 0.602. The molecule has 16 heavy (non-hydrogen) atoms. The number of benzene rings is 1. The Balaban J connectivity index is 1.70. The van der Waals surface area contributed by atoms with Crippen LogP contribution in [0.4, 0.5) is 5.69 Å². The zero-order valence-corrected chi connectivity index (χ0v) is 8.91. The van der Waals surface area contributed by atoms with Gasteiger partial charge in [-0.05, 0) is 17.7 Å². The SMILES string of the molecule is Nc1ccc(COCCn2ccnn2)cc1. The summed E-state index contributed by atoms with van der Waals surface area (Å²) in [5.74, 6) is 0. The number of nitrogens with two attached hydrogens (primary N) is 1. The second kappa shape index (κ2) is 5.27. The average Bonchev–Trinajstić information content (AvgIpc) is 2.80. The molecule has 2 rings (SSSR count). The molecule has 0 saturated heterocycles. The van der Waals surface area contributed by atoms with Gasteiger partial charge in [0.1, 0.15) is 0 Å². The van der Waals surface area contributed by atoms with E-state index in [4.69, 9.17) is 10.5 Å². The molecule has 0 aliphatic heterocycles. The van der Waals surface area contributed by atoms with Crippen LogP contribution in [0.3, 0.4) is 0 Å². The first kappa shape index (κ1) is 10.6. The predicted molar refractivity (Wildman–Crippen MR) is 60.5 cm³/mol. The zero-order valence-electron chi connectivity index (χ0n) is 8.91. The highest BCUT2D eigenvalue weighted by molar-refractivity contribution is 5.39. The van der Waals surface area contributed by atoms with Crippen LogP contribution in [0.5, 0.6) is 0 Å². The van der Waals surface area contributed by atoms with Crippen molar-refractivity contribution in [3.8, 4) is 0 Å². The highest BCUT2D eigenvalue weighted by atomic mass is 16.5. The Morgan fingerprint density at radius 2 is 2.06 bits per heavy atom. The van der Waals surface area contributed by atoms with E-state index in [2.05, 4.69) is 10.3 Å². The van der Waals surface area contributed by atoms with Crippen molar-refractivity contribution in [2.24, 2.45) is 0 Å². The summed E-state index contributed by atoms with van der Waals surface area (Å²) in [6, 6.07) is 7.67. The van der Waals surface area contributed by atoms with Crippen LogP contribution < -0.4 is 5.73 Å². The second-order valence-corrected chi connectivity index (χ2v) is 3.46. The lowest BCUT2D eigenvalue weighted by atomic mass is 10.2. The van der Waals surface area contributed by atoms with E-state index in [1.165, 1.54) is 0 Å². The van der Waals surface area contributed by atoms with Gasteiger partial charge in [-0.15, -0.1) is 5.10 Å². The lowest BCUT2D eigenvalue weighted by molar-refractivity contribution is 0.110. The molecule has 0 aliphatic rings. The predicted octanol–water partition coefficient (Wildman–Crippen LogP) is 1.08. The normalized spacial score (nSPS) is 10.5. The minimum absolute atomic E-state index is 0.592. The molecule has 0 spiro atoms. The minimum atomic E-state index is 0.592. The number of hydrogen-bond acceptors (Lipinski definition) is 4. The largest absolute Gasteiger partial charge is 0.399 e. The summed E-state index contributed by atoms with van der Waals surface area (Å²) in [5, 5.41) is 7.55. The molecule has 1 aromatic carbocycles. The summed E-state index contributed by atoms with van der Waals surface area (Å²) in [6.07, 6.45) is 3.46. The second-order valence-electron chi connectivity index (χ2n) is 3.46. The third-order valence-electron chi connectivity index (χ3n) is 2.19. The van der Waals surface area contributed by atoms with E-state index in [1.807, 2.05) is 30.5 Å². The van der Waals surface area contributed by atoms with Gasteiger partial charge in [-0.2, -0.15) is 0 Å². The van der Waals surface area contributed by atoms with Crippen molar-refractivity contribution >= 4 is 5.69 Å². The van der Waals surface area contributed by atoms with Gasteiger partial charge in [0.25, 0.3) is 0 Å². The third kappa shape index (κ3) is 3.06. The van der Waals surface area contributed by atoms with Crippen molar-refractivity contribution < 1.29 is 4.74 Å².